The van der Waals surface area contributed by atoms with E-state index in [-0.39, 0.29) is 0 Å². The summed E-state index contributed by atoms with van der Waals surface area (Å²) >= 11 is 0. The van der Waals surface area contributed by atoms with E-state index < -0.39 is 5.97 Å². The summed E-state index contributed by atoms with van der Waals surface area (Å²) in [6.07, 6.45) is 2.94. The van der Waals surface area contributed by atoms with Crippen molar-refractivity contribution in [1.82, 2.24) is 4.98 Å². The number of pyridine rings is 1. The first-order valence-corrected chi connectivity index (χ1v) is 7.53. The van der Waals surface area contributed by atoms with Crippen molar-refractivity contribution in [2.24, 2.45) is 5.92 Å². The summed E-state index contributed by atoms with van der Waals surface area (Å²) in [5.74, 6) is 0.117. The fraction of sp³-hybridized carbons (Fsp3) is 0.625. The predicted molar refractivity (Wildman–Crippen MR) is 82.1 cm³/mol. The van der Waals surface area contributed by atoms with Crippen LogP contribution in [0.5, 0.6) is 0 Å². The van der Waals surface area contributed by atoms with Crippen molar-refractivity contribution in [2.75, 3.05) is 31.7 Å². The highest BCUT2D eigenvalue weighted by molar-refractivity contribution is 5.93. The third-order valence-corrected chi connectivity index (χ3v) is 3.71. The number of hydrogen-bond donors (Lipinski definition) is 1. The molecular weight excluding hydrogens is 268 g/mol. The van der Waals surface area contributed by atoms with Gasteiger partial charge in [-0.1, -0.05) is 13.8 Å². The standard InChI is InChI=1S/C16H24N2O3/c1-11(2)10-18(7-8-21-3)15-13(16(19)20)9-12-5-4-6-14(12)17-15/h9,11H,4-8,10H2,1-3H3,(H,19,20). The number of fused-ring (bicyclic) bond motifs is 1. The molecule has 2 rings (SSSR count). The number of carboxylic acid groups (broad SMARTS) is 1. The van der Waals surface area contributed by atoms with Gasteiger partial charge in [-0.3, -0.25) is 0 Å². The highest BCUT2D eigenvalue weighted by atomic mass is 16.5. The second-order valence-corrected chi connectivity index (χ2v) is 5.96. The second kappa shape index (κ2) is 6.89. The Morgan fingerprint density at radius 3 is 2.86 bits per heavy atom. The van der Waals surface area contributed by atoms with Gasteiger partial charge >= 0.3 is 5.97 Å². The van der Waals surface area contributed by atoms with E-state index in [1.54, 1.807) is 7.11 Å². The first-order valence-electron chi connectivity index (χ1n) is 7.53. The second-order valence-electron chi connectivity index (χ2n) is 5.96. The van der Waals surface area contributed by atoms with Crippen LogP contribution in [0.2, 0.25) is 0 Å². The van der Waals surface area contributed by atoms with E-state index in [0.29, 0.717) is 30.5 Å². The lowest BCUT2D eigenvalue weighted by atomic mass is 10.1. The fourth-order valence-corrected chi connectivity index (χ4v) is 2.79. The molecule has 0 spiro atoms. The molecule has 0 amide bonds. The SMILES string of the molecule is COCCN(CC(C)C)c1nc2c(cc1C(=O)O)CCC2. The molecule has 5 nitrogen and oxygen atoms in total. The molecule has 0 unspecified atom stereocenters. The van der Waals surface area contributed by atoms with Crippen molar-refractivity contribution in [2.45, 2.75) is 33.1 Å². The Morgan fingerprint density at radius 1 is 1.48 bits per heavy atom. The summed E-state index contributed by atoms with van der Waals surface area (Å²) in [7, 11) is 1.65. The predicted octanol–water partition coefficient (Wildman–Crippen LogP) is 2.38. The third kappa shape index (κ3) is 3.73. The number of nitrogens with zero attached hydrogens (tertiary/aromatic N) is 2. The monoisotopic (exact) mass is 292 g/mol. The Balaban J connectivity index is 2.39. The zero-order valence-electron chi connectivity index (χ0n) is 13.1. The lowest BCUT2D eigenvalue weighted by molar-refractivity contribution is 0.0696. The summed E-state index contributed by atoms with van der Waals surface area (Å²) in [4.78, 5) is 18.3. The Bertz CT molecular complexity index is 514. The molecule has 1 aromatic rings. The summed E-state index contributed by atoms with van der Waals surface area (Å²) in [5, 5.41) is 9.51. The van der Waals surface area contributed by atoms with Crippen LogP contribution in [0.3, 0.4) is 0 Å². The van der Waals surface area contributed by atoms with Gasteiger partial charge in [0.1, 0.15) is 11.4 Å². The van der Waals surface area contributed by atoms with Crippen LogP contribution in [0.1, 0.15) is 41.9 Å². The maximum absolute atomic E-state index is 11.6. The van der Waals surface area contributed by atoms with E-state index in [2.05, 4.69) is 18.8 Å². The maximum Gasteiger partial charge on any atom is 0.339 e. The fourth-order valence-electron chi connectivity index (χ4n) is 2.79. The number of aromatic nitrogens is 1. The highest BCUT2D eigenvalue weighted by Gasteiger charge is 2.23. The minimum atomic E-state index is -0.904. The average Bonchev–Trinajstić information content (AvgIpc) is 2.88. The van der Waals surface area contributed by atoms with Gasteiger partial charge in [-0.25, -0.2) is 9.78 Å². The molecule has 0 atom stereocenters. The summed E-state index contributed by atoms with van der Waals surface area (Å²) in [6.45, 7) is 6.22. The first kappa shape index (κ1) is 15.8. The van der Waals surface area contributed by atoms with Gasteiger partial charge in [0.2, 0.25) is 0 Å². The van der Waals surface area contributed by atoms with Crippen molar-refractivity contribution in [1.29, 1.82) is 0 Å². The molecule has 1 N–H and O–H groups in total. The minimum absolute atomic E-state index is 0.312. The lowest BCUT2D eigenvalue weighted by Gasteiger charge is -2.27. The number of aromatic carboxylic acids is 1. The molecule has 5 heteroatoms. The van der Waals surface area contributed by atoms with Gasteiger partial charge in [0, 0.05) is 25.9 Å². The molecule has 0 saturated carbocycles. The zero-order chi connectivity index (χ0) is 15.4. The van der Waals surface area contributed by atoms with Crippen LogP contribution in [0.4, 0.5) is 5.82 Å². The number of carboxylic acids is 1. The normalized spacial score (nSPS) is 13.5. The molecule has 116 valence electrons. The molecule has 0 aromatic carbocycles. The number of hydrogen-bond acceptors (Lipinski definition) is 4. The molecule has 0 fully saturated rings. The van der Waals surface area contributed by atoms with E-state index in [4.69, 9.17) is 4.74 Å². The molecular formula is C16H24N2O3. The third-order valence-electron chi connectivity index (χ3n) is 3.71. The van der Waals surface area contributed by atoms with Gasteiger partial charge in [-0.2, -0.15) is 0 Å². The molecule has 1 aliphatic rings. The topological polar surface area (TPSA) is 62.7 Å². The Kier molecular flexibility index (Phi) is 5.17. The number of rotatable bonds is 7. The van der Waals surface area contributed by atoms with E-state index in [0.717, 1.165) is 37.1 Å². The van der Waals surface area contributed by atoms with E-state index >= 15 is 0 Å². The Morgan fingerprint density at radius 2 is 2.24 bits per heavy atom. The Labute approximate surface area is 125 Å². The van der Waals surface area contributed by atoms with Crippen LogP contribution >= 0.6 is 0 Å². The molecule has 0 saturated heterocycles. The van der Waals surface area contributed by atoms with Crippen LogP contribution in [-0.2, 0) is 17.6 Å². The van der Waals surface area contributed by atoms with Crippen molar-refractivity contribution in [3.63, 3.8) is 0 Å². The first-order chi connectivity index (χ1) is 10.0. The van der Waals surface area contributed by atoms with Crippen molar-refractivity contribution < 1.29 is 14.6 Å². The number of aryl methyl sites for hydroxylation is 2. The van der Waals surface area contributed by atoms with E-state index in [1.165, 1.54) is 0 Å². The van der Waals surface area contributed by atoms with E-state index in [9.17, 15) is 9.90 Å². The smallest absolute Gasteiger partial charge is 0.339 e. The molecule has 0 aliphatic heterocycles. The summed E-state index contributed by atoms with van der Waals surface area (Å²) in [5.41, 5.74) is 2.46. The Hall–Kier alpha value is -1.62. The molecule has 21 heavy (non-hydrogen) atoms. The summed E-state index contributed by atoms with van der Waals surface area (Å²) in [6, 6.07) is 1.81. The largest absolute Gasteiger partial charge is 0.478 e. The quantitative estimate of drug-likeness (QED) is 0.836. The van der Waals surface area contributed by atoms with Crippen molar-refractivity contribution >= 4 is 11.8 Å². The number of carbonyl (C=O) groups is 1. The van der Waals surface area contributed by atoms with Gasteiger partial charge < -0.3 is 14.7 Å². The van der Waals surface area contributed by atoms with Crippen molar-refractivity contribution in [3.8, 4) is 0 Å². The minimum Gasteiger partial charge on any atom is -0.478 e. The van der Waals surface area contributed by atoms with Gasteiger partial charge in [-0.15, -0.1) is 0 Å². The van der Waals surface area contributed by atoms with Gasteiger partial charge in [0.15, 0.2) is 0 Å². The van der Waals surface area contributed by atoms with Crippen molar-refractivity contribution in [3.05, 3.63) is 22.9 Å². The lowest BCUT2D eigenvalue weighted by Crippen LogP contribution is -2.33. The van der Waals surface area contributed by atoms with E-state index in [1.807, 2.05) is 11.0 Å². The molecule has 0 bridgehead atoms. The number of methoxy groups -OCH3 is 1. The number of ether oxygens (including phenoxy) is 1. The maximum atomic E-state index is 11.6. The van der Waals surface area contributed by atoms with Gasteiger partial charge in [0.05, 0.1) is 6.61 Å². The van der Waals surface area contributed by atoms with Gasteiger partial charge in [0.25, 0.3) is 0 Å². The van der Waals surface area contributed by atoms with Gasteiger partial charge in [-0.05, 0) is 36.8 Å². The number of anilines is 1. The van der Waals surface area contributed by atoms with Crippen LogP contribution in [-0.4, -0.2) is 42.9 Å². The van der Waals surface area contributed by atoms with Crippen LogP contribution < -0.4 is 4.90 Å². The van der Waals surface area contributed by atoms with Crippen LogP contribution in [0.15, 0.2) is 6.07 Å². The average molecular weight is 292 g/mol. The zero-order valence-corrected chi connectivity index (χ0v) is 13.1. The molecule has 1 heterocycles. The molecule has 1 aliphatic carbocycles. The molecule has 0 radical (unpaired) electrons. The summed E-state index contributed by atoms with van der Waals surface area (Å²) < 4.78 is 5.15. The molecule has 1 aromatic heterocycles. The van der Waals surface area contributed by atoms with Crippen LogP contribution in [0.25, 0.3) is 0 Å². The highest BCUT2D eigenvalue weighted by Crippen LogP contribution is 2.28. The van der Waals surface area contributed by atoms with Crippen LogP contribution in [0, 0.1) is 5.92 Å².